The number of hydrogen-bond acceptors (Lipinski definition) is 6. The van der Waals surface area contributed by atoms with Crippen molar-refractivity contribution in [3.63, 3.8) is 0 Å². The molecule has 1 atom stereocenters. The number of carbonyl (C=O) groups excluding carboxylic acids is 1. The van der Waals surface area contributed by atoms with Crippen LogP contribution < -0.4 is 5.32 Å². The Labute approximate surface area is 155 Å². The van der Waals surface area contributed by atoms with Crippen LogP contribution in [0.4, 0.5) is 0 Å². The normalized spacial score (nSPS) is 17.5. The number of carbonyl (C=O) groups is 1. The molecule has 2 aromatic heterocycles. The van der Waals surface area contributed by atoms with Crippen LogP contribution in [-0.4, -0.2) is 33.5 Å². The summed E-state index contributed by atoms with van der Waals surface area (Å²) in [5, 5.41) is 10.8. The van der Waals surface area contributed by atoms with Crippen molar-refractivity contribution in [2.24, 2.45) is 0 Å². The summed E-state index contributed by atoms with van der Waals surface area (Å²) in [5.41, 5.74) is 2.13. The number of nitrogens with zero attached hydrogens (tertiary/aromatic N) is 3. The van der Waals surface area contributed by atoms with Gasteiger partial charge in [0, 0.05) is 11.9 Å². The number of rotatable bonds is 6. The quantitative estimate of drug-likeness (QED) is 0.724. The second-order valence-electron chi connectivity index (χ2n) is 6.36. The molecule has 6 nitrogen and oxygen atoms in total. The van der Waals surface area contributed by atoms with E-state index in [1.54, 1.807) is 11.3 Å². The maximum absolute atomic E-state index is 12.6. The Bertz CT molecular complexity index is 848. The highest BCUT2D eigenvalue weighted by Crippen LogP contribution is 2.21. The van der Waals surface area contributed by atoms with E-state index in [-0.39, 0.29) is 18.5 Å². The number of hydrogen-bond donors (Lipinski definition) is 1. The summed E-state index contributed by atoms with van der Waals surface area (Å²) >= 11 is 1.58. The third-order valence-electron chi connectivity index (χ3n) is 4.55. The molecule has 1 aliphatic heterocycles. The minimum Gasteiger partial charge on any atom is -0.347 e. The van der Waals surface area contributed by atoms with Crippen molar-refractivity contribution in [1.29, 1.82) is 0 Å². The number of likely N-dealkylation sites (tertiary alicyclic amines) is 1. The average Bonchev–Trinajstić information content (AvgIpc) is 3.41. The van der Waals surface area contributed by atoms with E-state index in [1.807, 2.05) is 35.0 Å². The largest absolute Gasteiger partial charge is 0.347 e. The first-order chi connectivity index (χ1) is 12.8. The molecule has 26 heavy (non-hydrogen) atoms. The van der Waals surface area contributed by atoms with E-state index in [9.17, 15) is 4.79 Å². The molecule has 1 aliphatic rings. The Balaban J connectivity index is 1.34. The molecule has 0 saturated carbocycles. The molecule has 1 saturated heterocycles. The van der Waals surface area contributed by atoms with Gasteiger partial charge in [-0.25, -0.2) is 0 Å². The summed E-state index contributed by atoms with van der Waals surface area (Å²) in [6, 6.07) is 12.1. The van der Waals surface area contributed by atoms with E-state index < -0.39 is 0 Å². The van der Waals surface area contributed by atoms with Crippen LogP contribution >= 0.6 is 11.3 Å². The van der Waals surface area contributed by atoms with Gasteiger partial charge in [-0.05, 0) is 36.4 Å². The summed E-state index contributed by atoms with van der Waals surface area (Å²) in [4.78, 5) is 19.2. The number of thiophene rings is 1. The first-order valence-corrected chi connectivity index (χ1v) is 9.65. The van der Waals surface area contributed by atoms with Crippen molar-refractivity contribution < 1.29 is 9.32 Å². The summed E-state index contributed by atoms with van der Waals surface area (Å²) in [7, 11) is 0. The van der Waals surface area contributed by atoms with Crippen LogP contribution in [0.15, 0.2) is 51.7 Å². The Kier molecular flexibility index (Phi) is 5.08. The lowest BCUT2D eigenvalue weighted by molar-refractivity contribution is -0.125. The molecule has 1 aromatic carbocycles. The molecule has 0 unspecified atom stereocenters. The highest BCUT2D eigenvalue weighted by Gasteiger charge is 2.30. The Morgan fingerprint density at radius 3 is 3.00 bits per heavy atom. The third-order valence-corrected chi connectivity index (χ3v) is 5.23. The zero-order valence-corrected chi connectivity index (χ0v) is 15.1. The van der Waals surface area contributed by atoms with Crippen molar-refractivity contribution in [3.8, 4) is 11.5 Å². The molecule has 3 aromatic rings. The molecule has 1 N–H and O–H groups in total. The third kappa shape index (κ3) is 3.84. The first kappa shape index (κ1) is 16.9. The molecule has 134 valence electrons. The minimum atomic E-state index is -0.0987. The lowest BCUT2D eigenvalue weighted by atomic mass is 10.1. The molecule has 1 amide bonds. The topological polar surface area (TPSA) is 71.3 Å². The standard InChI is InChI=1S/C19H20N4O2S/c24-18(16-7-4-9-23(16)12-14-5-2-1-3-6-14)20-11-17-21-19(25-22-17)15-8-10-26-13-15/h1-3,5-6,8,10,13,16H,4,7,9,11-12H2,(H,20,24)/t16-/m0/s1. The van der Waals surface area contributed by atoms with Gasteiger partial charge in [-0.15, -0.1) is 0 Å². The van der Waals surface area contributed by atoms with Crippen LogP contribution in [0.2, 0.25) is 0 Å². The lowest BCUT2D eigenvalue weighted by Crippen LogP contribution is -2.42. The fraction of sp³-hybridized carbons (Fsp3) is 0.316. The molecule has 0 radical (unpaired) electrons. The van der Waals surface area contributed by atoms with Crippen LogP contribution in [0.1, 0.15) is 24.2 Å². The van der Waals surface area contributed by atoms with Crippen molar-refractivity contribution in [3.05, 3.63) is 58.5 Å². The van der Waals surface area contributed by atoms with Gasteiger partial charge in [0.2, 0.25) is 5.91 Å². The SMILES string of the molecule is O=C(NCc1noc(-c2ccsc2)n1)[C@@H]1CCCN1Cc1ccccc1. The van der Waals surface area contributed by atoms with Crippen LogP contribution in [0.25, 0.3) is 11.5 Å². The highest BCUT2D eigenvalue weighted by atomic mass is 32.1. The van der Waals surface area contributed by atoms with Gasteiger partial charge in [0.15, 0.2) is 5.82 Å². The molecule has 0 aliphatic carbocycles. The van der Waals surface area contributed by atoms with Gasteiger partial charge in [-0.1, -0.05) is 35.5 Å². The van der Waals surface area contributed by atoms with Crippen molar-refractivity contribution in [2.45, 2.75) is 32.0 Å². The maximum Gasteiger partial charge on any atom is 0.258 e. The second kappa shape index (κ2) is 7.80. The van der Waals surface area contributed by atoms with E-state index in [2.05, 4.69) is 32.5 Å². The van der Waals surface area contributed by atoms with E-state index >= 15 is 0 Å². The van der Waals surface area contributed by atoms with Gasteiger partial charge in [0.25, 0.3) is 5.89 Å². The summed E-state index contributed by atoms with van der Waals surface area (Å²) in [6.07, 6.45) is 1.92. The molecule has 0 bridgehead atoms. The van der Waals surface area contributed by atoms with Crippen LogP contribution in [-0.2, 0) is 17.9 Å². The summed E-state index contributed by atoms with van der Waals surface area (Å²) in [5.74, 6) is 1.01. The van der Waals surface area contributed by atoms with Gasteiger partial charge in [-0.3, -0.25) is 9.69 Å². The summed E-state index contributed by atoms with van der Waals surface area (Å²) in [6.45, 7) is 2.02. The fourth-order valence-electron chi connectivity index (χ4n) is 3.24. The molecule has 0 spiro atoms. The van der Waals surface area contributed by atoms with E-state index in [4.69, 9.17) is 4.52 Å². The predicted molar refractivity (Wildman–Crippen MR) is 99.3 cm³/mol. The lowest BCUT2D eigenvalue weighted by Gasteiger charge is -2.23. The monoisotopic (exact) mass is 368 g/mol. The molecule has 7 heteroatoms. The maximum atomic E-state index is 12.6. The Hall–Kier alpha value is -2.51. The van der Waals surface area contributed by atoms with E-state index in [0.29, 0.717) is 11.7 Å². The van der Waals surface area contributed by atoms with Crippen LogP contribution in [0.3, 0.4) is 0 Å². The molecular formula is C19H20N4O2S. The van der Waals surface area contributed by atoms with Crippen molar-refractivity contribution in [2.75, 3.05) is 6.54 Å². The second-order valence-corrected chi connectivity index (χ2v) is 7.14. The first-order valence-electron chi connectivity index (χ1n) is 8.70. The zero-order valence-electron chi connectivity index (χ0n) is 14.3. The highest BCUT2D eigenvalue weighted by molar-refractivity contribution is 7.08. The Morgan fingerprint density at radius 1 is 1.31 bits per heavy atom. The molecule has 4 rings (SSSR count). The van der Waals surface area contributed by atoms with Crippen LogP contribution in [0, 0.1) is 0 Å². The van der Waals surface area contributed by atoms with Gasteiger partial charge >= 0.3 is 0 Å². The molecule has 3 heterocycles. The number of benzene rings is 1. The predicted octanol–water partition coefficient (Wildman–Crippen LogP) is 3.08. The zero-order chi connectivity index (χ0) is 17.8. The smallest absolute Gasteiger partial charge is 0.258 e. The minimum absolute atomic E-state index is 0.0281. The van der Waals surface area contributed by atoms with E-state index in [1.165, 1.54) is 5.56 Å². The molecule has 1 fully saturated rings. The van der Waals surface area contributed by atoms with Gasteiger partial charge < -0.3 is 9.84 Å². The number of amides is 1. The number of aromatic nitrogens is 2. The Morgan fingerprint density at radius 2 is 2.19 bits per heavy atom. The summed E-state index contributed by atoms with van der Waals surface area (Å²) < 4.78 is 5.25. The van der Waals surface area contributed by atoms with Crippen molar-refractivity contribution in [1.82, 2.24) is 20.4 Å². The van der Waals surface area contributed by atoms with Gasteiger partial charge in [0.05, 0.1) is 18.2 Å². The van der Waals surface area contributed by atoms with Crippen molar-refractivity contribution >= 4 is 17.2 Å². The van der Waals surface area contributed by atoms with Crippen LogP contribution in [0.5, 0.6) is 0 Å². The van der Waals surface area contributed by atoms with Gasteiger partial charge in [-0.2, -0.15) is 16.3 Å². The number of nitrogens with one attached hydrogen (secondary N) is 1. The van der Waals surface area contributed by atoms with E-state index in [0.717, 1.165) is 31.5 Å². The molecular weight excluding hydrogens is 348 g/mol. The average molecular weight is 368 g/mol. The fourth-order valence-corrected chi connectivity index (χ4v) is 3.87. The van der Waals surface area contributed by atoms with Gasteiger partial charge in [0.1, 0.15) is 0 Å².